The third-order valence-corrected chi connectivity index (χ3v) is 7.23. The van der Waals surface area contributed by atoms with Gasteiger partial charge in [0.25, 0.3) is 5.91 Å². The van der Waals surface area contributed by atoms with Gasteiger partial charge in [-0.3, -0.25) is 9.59 Å². The van der Waals surface area contributed by atoms with Crippen LogP contribution in [0.2, 0.25) is 0 Å². The maximum absolute atomic E-state index is 13.0. The van der Waals surface area contributed by atoms with Crippen molar-refractivity contribution in [2.75, 3.05) is 0 Å². The smallest absolute Gasteiger partial charge is 0.309 e. The summed E-state index contributed by atoms with van der Waals surface area (Å²) >= 11 is 3.42. The van der Waals surface area contributed by atoms with Crippen LogP contribution in [0.4, 0.5) is 0 Å². The number of amides is 1. The van der Waals surface area contributed by atoms with Crippen LogP contribution in [0.15, 0.2) is 28.7 Å². The molecule has 2 N–H and O–H groups in total. The van der Waals surface area contributed by atoms with Crippen molar-refractivity contribution >= 4 is 27.8 Å². The predicted octanol–water partition coefficient (Wildman–Crippen LogP) is 4.00. The van der Waals surface area contributed by atoms with Crippen LogP contribution < -0.4 is 10.1 Å². The lowest BCUT2D eigenvalue weighted by molar-refractivity contribution is -0.168. The summed E-state index contributed by atoms with van der Waals surface area (Å²) in [7, 11) is 0. The number of hydrogen-bond donors (Lipinski definition) is 2. The summed E-state index contributed by atoms with van der Waals surface area (Å²) in [6.45, 7) is 3.55. The van der Waals surface area contributed by atoms with Crippen LogP contribution in [0.25, 0.3) is 0 Å². The second-order valence-corrected chi connectivity index (χ2v) is 10.0. The monoisotopic (exact) mass is 435 g/mol. The number of hydrogen-bond acceptors (Lipinski definition) is 3. The molecular weight excluding hydrogens is 410 g/mol. The van der Waals surface area contributed by atoms with Crippen molar-refractivity contribution in [2.24, 2.45) is 23.2 Å². The number of halogens is 1. The Balaban J connectivity index is 1.46. The van der Waals surface area contributed by atoms with E-state index in [9.17, 15) is 14.7 Å². The highest BCUT2D eigenvalue weighted by Gasteiger charge is 2.59. The van der Waals surface area contributed by atoms with Gasteiger partial charge in [0.2, 0.25) is 0 Å². The quantitative estimate of drug-likeness (QED) is 0.732. The van der Waals surface area contributed by atoms with Crippen molar-refractivity contribution in [2.45, 2.75) is 57.6 Å². The molecule has 0 saturated heterocycles. The fourth-order valence-electron chi connectivity index (χ4n) is 5.72. The molecule has 1 aromatic rings. The van der Waals surface area contributed by atoms with Gasteiger partial charge in [0.1, 0.15) is 5.75 Å². The molecule has 0 aliphatic heterocycles. The highest BCUT2D eigenvalue weighted by Crippen LogP contribution is 2.60. The Bertz CT molecular complexity index is 761. The van der Waals surface area contributed by atoms with E-state index in [1.807, 2.05) is 24.3 Å². The number of carbonyl (C=O) groups excluding carboxylic acids is 1. The Morgan fingerprint density at radius 1 is 1.22 bits per heavy atom. The van der Waals surface area contributed by atoms with Crippen molar-refractivity contribution in [3.63, 3.8) is 0 Å². The van der Waals surface area contributed by atoms with Gasteiger partial charge in [-0.05, 0) is 81.9 Å². The number of carbonyl (C=O) groups is 2. The zero-order valence-electron chi connectivity index (χ0n) is 15.7. The molecule has 0 radical (unpaired) electrons. The van der Waals surface area contributed by atoms with E-state index in [1.165, 1.54) is 0 Å². The normalized spacial score (nSPS) is 34.3. The van der Waals surface area contributed by atoms with Crippen LogP contribution in [-0.2, 0) is 9.59 Å². The van der Waals surface area contributed by atoms with Crippen molar-refractivity contribution in [1.29, 1.82) is 0 Å². The minimum Gasteiger partial charge on any atom is -0.481 e. The van der Waals surface area contributed by atoms with Gasteiger partial charge in [0.15, 0.2) is 5.60 Å². The molecule has 4 aliphatic rings. The Morgan fingerprint density at radius 2 is 1.89 bits per heavy atom. The summed E-state index contributed by atoms with van der Waals surface area (Å²) in [5.74, 6) is 0.877. The summed E-state index contributed by atoms with van der Waals surface area (Å²) in [5, 5.41) is 13.0. The van der Waals surface area contributed by atoms with Gasteiger partial charge in [-0.15, -0.1) is 0 Å². The van der Waals surface area contributed by atoms with Gasteiger partial charge in [0, 0.05) is 10.5 Å². The second kappa shape index (κ2) is 6.50. The second-order valence-electron chi connectivity index (χ2n) is 9.12. The molecule has 1 aromatic carbocycles. The van der Waals surface area contributed by atoms with Crippen LogP contribution in [0.5, 0.6) is 5.75 Å². The molecule has 4 saturated carbocycles. The van der Waals surface area contributed by atoms with Gasteiger partial charge in [-0.25, -0.2) is 0 Å². The van der Waals surface area contributed by atoms with E-state index in [2.05, 4.69) is 21.2 Å². The minimum absolute atomic E-state index is 0.0620. The van der Waals surface area contributed by atoms with E-state index in [1.54, 1.807) is 13.8 Å². The highest BCUT2D eigenvalue weighted by molar-refractivity contribution is 9.10. The number of nitrogens with one attached hydrogen (secondary N) is 1. The van der Waals surface area contributed by atoms with Gasteiger partial charge in [-0.1, -0.05) is 22.0 Å². The third kappa shape index (κ3) is 3.37. The van der Waals surface area contributed by atoms with Gasteiger partial charge in [-0.2, -0.15) is 0 Å². The molecule has 0 aromatic heterocycles. The SMILES string of the molecule is CC(C)(Oc1cccc(Br)c1)C(=O)NC1C2CC3CC1CC(C(=O)O)(C3)C2. The predicted molar refractivity (Wildman–Crippen MR) is 104 cm³/mol. The Labute approximate surface area is 168 Å². The van der Waals surface area contributed by atoms with E-state index < -0.39 is 17.0 Å². The van der Waals surface area contributed by atoms with Gasteiger partial charge in [0.05, 0.1) is 5.41 Å². The Hall–Kier alpha value is -1.56. The minimum atomic E-state index is -1.00. The molecule has 0 heterocycles. The molecule has 4 aliphatic carbocycles. The van der Waals surface area contributed by atoms with Gasteiger partial charge >= 0.3 is 5.97 Å². The largest absolute Gasteiger partial charge is 0.481 e. The molecule has 2 unspecified atom stereocenters. The molecule has 6 heteroatoms. The number of aliphatic carboxylic acids is 1. The fraction of sp³-hybridized carbons (Fsp3) is 0.619. The third-order valence-electron chi connectivity index (χ3n) is 6.74. The zero-order valence-corrected chi connectivity index (χ0v) is 17.3. The first-order valence-corrected chi connectivity index (χ1v) is 10.5. The molecule has 4 fully saturated rings. The van der Waals surface area contributed by atoms with Crippen molar-refractivity contribution in [3.05, 3.63) is 28.7 Å². The van der Waals surface area contributed by atoms with Crippen LogP contribution >= 0.6 is 15.9 Å². The summed E-state index contributed by atoms with van der Waals surface area (Å²) < 4.78 is 6.86. The molecule has 5 rings (SSSR count). The number of carboxylic acid groups (broad SMARTS) is 1. The average Bonchev–Trinajstić information content (AvgIpc) is 2.56. The highest BCUT2D eigenvalue weighted by atomic mass is 79.9. The number of benzene rings is 1. The maximum atomic E-state index is 13.0. The first-order chi connectivity index (χ1) is 12.7. The Morgan fingerprint density at radius 3 is 2.48 bits per heavy atom. The molecule has 27 heavy (non-hydrogen) atoms. The van der Waals surface area contributed by atoms with E-state index in [-0.39, 0.29) is 23.8 Å². The summed E-state index contributed by atoms with van der Waals surface area (Å²) in [6.07, 6.45) is 4.25. The van der Waals surface area contributed by atoms with Crippen molar-refractivity contribution < 1.29 is 19.4 Å². The first-order valence-electron chi connectivity index (χ1n) is 9.67. The number of ether oxygens (including phenoxy) is 1. The molecule has 2 atom stereocenters. The molecule has 146 valence electrons. The fourth-order valence-corrected chi connectivity index (χ4v) is 6.10. The van der Waals surface area contributed by atoms with Crippen LogP contribution in [0, 0.1) is 23.2 Å². The summed E-state index contributed by atoms with van der Waals surface area (Å²) in [4.78, 5) is 24.9. The lowest BCUT2D eigenvalue weighted by atomic mass is 9.48. The zero-order chi connectivity index (χ0) is 19.4. The van der Waals surface area contributed by atoms with E-state index in [0.717, 1.165) is 23.7 Å². The molecule has 5 nitrogen and oxygen atoms in total. The summed E-state index contributed by atoms with van der Waals surface area (Å²) in [6, 6.07) is 7.52. The molecule has 0 spiro atoms. The van der Waals surface area contributed by atoms with Crippen LogP contribution in [0.3, 0.4) is 0 Å². The van der Waals surface area contributed by atoms with Crippen molar-refractivity contribution in [3.8, 4) is 5.75 Å². The maximum Gasteiger partial charge on any atom is 0.309 e. The molecular formula is C21H26BrNO4. The first kappa shape index (κ1) is 18.8. The number of carboxylic acids is 1. The molecule has 4 bridgehead atoms. The van der Waals surface area contributed by atoms with Gasteiger partial charge < -0.3 is 15.2 Å². The standard InChI is InChI=1S/C21H26BrNO4/c1-20(2,27-16-5-3-4-15(22)8-16)18(24)23-17-13-6-12-7-14(17)11-21(9-12,10-13)19(25)26/h3-5,8,12-14,17H,6-7,9-11H2,1-2H3,(H,23,24)(H,25,26). The van der Waals surface area contributed by atoms with Crippen molar-refractivity contribution in [1.82, 2.24) is 5.32 Å². The number of rotatable bonds is 5. The van der Waals surface area contributed by atoms with E-state index in [4.69, 9.17) is 4.74 Å². The average molecular weight is 436 g/mol. The topological polar surface area (TPSA) is 75.6 Å². The summed E-state index contributed by atoms with van der Waals surface area (Å²) in [5.41, 5.74) is -1.56. The van der Waals surface area contributed by atoms with E-state index >= 15 is 0 Å². The lowest BCUT2D eigenvalue weighted by Crippen LogP contribution is -2.63. The lowest BCUT2D eigenvalue weighted by Gasteiger charge is -2.58. The molecule has 1 amide bonds. The Kier molecular flexibility index (Phi) is 4.53. The van der Waals surface area contributed by atoms with E-state index in [0.29, 0.717) is 24.5 Å². The van der Waals surface area contributed by atoms with Crippen LogP contribution in [-0.4, -0.2) is 28.6 Å². The van der Waals surface area contributed by atoms with Crippen LogP contribution in [0.1, 0.15) is 46.0 Å².